The van der Waals surface area contributed by atoms with Gasteiger partial charge in [-0.2, -0.15) is 0 Å². The number of fused-ring (bicyclic) bond motifs is 1. The standard InChI is InChI=1S/C12H9N3O4.C4H9Br/c1-7-5-8(14-19-7)6-15-10-9(3-2-4-13-10)11(16)18-12(15)17;1-2-3-4-5/h2-5H,6H2,1H3;2-4H2,1H3. The lowest BCUT2D eigenvalue weighted by atomic mass is 10.3. The summed E-state index contributed by atoms with van der Waals surface area (Å²) < 4.78 is 10.8. The van der Waals surface area contributed by atoms with Crippen molar-refractivity contribution in [3.8, 4) is 0 Å². The van der Waals surface area contributed by atoms with Crippen LogP contribution in [0.15, 0.2) is 42.9 Å². The Bertz CT molecular complexity index is 911. The zero-order valence-corrected chi connectivity index (χ0v) is 15.1. The Morgan fingerprint density at radius 3 is 2.71 bits per heavy atom. The zero-order valence-electron chi connectivity index (χ0n) is 13.5. The molecule has 3 rings (SSSR count). The molecule has 24 heavy (non-hydrogen) atoms. The van der Waals surface area contributed by atoms with Gasteiger partial charge in [0.15, 0.2) is 5.65 Å². The van der Waals surface area contributed by atoms with Gasteiger partial charge in [-0.15, -0.1) is 0 Å². The Morgan fingerprint density at radius 1 is 1.33 bits per heavy atom. The van der Waals surface area contributed by atoms with Crippen molar-refractivity contribution < 1.29 is 8.94 Å². The van der Waals surface area contributed by atoms with Crippen LogP contribution in [0.4, 0.5) is 0 Å². The SMILES string of the molecule is CCCCBr.Cc1cc(Cn2c(=O)oc(=O)c3cccnc32)no1. The fourth-order valence-corrected chi connectivity index (χ4v) is 2.54. The topological polar surface area (TPSA) is 91.1 Å². The van der Waals surface area contributed by atoms with Crippen molar-refractivity contribution >= 4 is 27.0 Å². The van der Waals surface area contributed by atoms with Gasteiger partial charge >= 0.3 is 11.4 Å². The minimum Gasteiger partial charge on any atom is -0.372 e. The number of aromatic nitrogens is 3. The fraction of sp³-hybridized carbons (Fsp3) is 0.375. The molecule has 0 bridgehead atoms. The first-order valence-electron chi connectivity index (χ1n) is 7.53. The summed E-state index contributed by atoms with van der Waals surface area (Å²) in [6, 6.07) is 4.86. The first-order chi connectivity index (χ1) is 11.6. The number of nitrogens with zero attached hydrogens (tertiary/aromatic N) is 3. The molecule has 0 atom stereocenters. The molecule has 0 fully saturated rings. The highest BCUT2D eigenvalue weighted by Gasteiger charge is 2.12. The molecule has 7 nitrogen and oxygen atoms in total. The van der Waals surface area contributed by atoms with Crippen LogP contribution in [0.5, 0.6) is 0 Å². The van der Waals surface area contributed by atoms with Crippen LogP contribution in [0, 0.1) is 6.92 Å². The summed E-state index contributed by atoms with van der Waals surface area (Å²) in [5, 5.41) is 5.21. The van der Waals surface area contributed by atoms with Gasteiger partial charge in [0.05, 0.1) is 6.54 Å². The average molecular weight is 396 g/mol. The van der Waals surface area contributed by atoms with E-state index in [4.69, 9.17) is 4.52 Å². The highest BCUT2D eigenvalue weighted by Crippen LogP contribution is 2.07. The van der Waals surface area contributed by atoms with Gasteiger partial charge in [0.2, 0.25) is 0 Å². The maximum atomic E-state index is 11.8. The lowest BCUT2D eigenvalue weighted by Gasteiger charge is -2.04. The van der Waals surface area contributed by atoms with E-state index in [-0.39, 0.29) is 17.6 Å². The van der Waals surface area contributed by atoms with E-state index in [0.717, 1.165) is 5.33 Å². The molecule has 3 heterocycles. The van der Waals surface area contributed by atoms with Gasteiger partial charge in [0.25, 0.3) is 0 Å². The van der Waals surface area contributed by atoms with Crippen LogP contribution in [0.25, 0.3) is 11.0 Å². The van der Waals surface area contributed by atoms with E-state index in [9.17, 15) is 9.59 Å². The molecule has 0 aromatic carbocycles. The second-order valence-electron chi connectivity index (χ2n) is 5.09. The smallest absolute Gasteiger partial charge is 0.372 e. The predicted octanol–water partition coefficient (Wildman–Crippen LogP) is 2.88. The fourth-order valence-electron chi connectivity index (χ4n) is 1.97. The maximum Gasteiger partial charge on any atom is 0.423 e. The molecule has 8 heteroatoms. The Morgan fingerprint density at radius 2 is 2.12 bits per heavy atom. The van der Waals surface area contributed by atoms with Crippen molar-refractivity contribution in [1.29, 1.82) is 0 Å². The number of aryl methyl sites for hydroxylation is 1. The third kappa shape index (κ3) is 4.41. The van der Waals surface area contributed by atoms with Crippen LogP contribution in [-0.2, 0) is 6.54 Å². The van der Waals surface area contributed by atoms with Crippen molar-refractivity contribution in [3.05, 3.63) is 56.8 Å². The molecule has 0 saturated carbocycles. The summed E-state index contributed by atoms with van der Waals surface area (Å²) in [6.45, 7) is 4.06. The third-order valence-electron chi connectivity index (χ3n) is 3.15. The molecule has 0 aliphatic heterocycles. The van der Waals surface area contributed by atoms with Crippen molar-refractivity contribution in [2.75, 3.05) is 5.33 Å². The highest BCUT2D eigenvalue weighted by molar-refractivity contribution is 9.09. The minimum absolute atomic E-state index is 0.132. The van der Waals surface area contributed by atoms with E-state index in [2.05, 4.69) is 37.4 Å². The highest BCUT2D eigenvalue weighted by atomic mass is 79.9. The Labute approximate surface area is 146 Å². The monoisotopic (exact) mass is 395 g/mol. The molecule has 0 saturated heterocycles. The van der Waals surface area contributed by atoms with Gasteiger partial charge in [-0.25, -0.2) is 14.6 Å². The molecule has 0 unspecified atom stereocenters. The number of halogens is 1. The molecule has 0 radical (unpaired) electrons. The lowest BCUT2D eigenvalue weighted by Crippen LogP contribution is -2.26. The molecular formula is C16H18BrN3O4. The van der Waals surface area contributed by atoms with Crippen molar-refractivity contribution in [1.82, 2.24) is 14.7 Å². The second kappa shape index (κ2) is 8.58. The summed E-state index contributed by atoms with van der Waals surface area (Å²) in [6.07, 6.45) is 4.11. The second-order valence-corrected chi connectivity index (χ2v) is 5.88. The van der Waals surface area contributed by atoms with Crippen molar-refractivity contribution in [3.63, 3.8) is 0 Å². The molecule has 0 N–H and O–H groups in total. The van der Waals surface area contributed by atoms with Crippen LogP contribution in [-0.4, -0.2) is 20.0 Å². The van der Waals surface area contributed by atoms with Gasteiger partial charge in [0, 0.05) is 17.6 Å². The molecule has 0 aliphatic rings. The Kier molecular flexibility index (Phi) is 6.48. The molecule has 3 aromatic heterocycles. The largest absolute Gasteiger partial charge is 0.423 e. The summed E-state index contributed by atoms with van der Waals surface area (Å²) in [5.41, 5.74) is 0.130. The number of hydrogen-bond donors (Lipinski definition) is 0. The number of alkyl halides is 1. The van der Waals surface area contributed by atoms with Crippen LogP contribution >= 0.6 is 15.9 Å². The number of rotatable bonds is 4. The van der Waals surface area contributed by atoms with Crippen LogP contribution in [0.1, 0.15) is 31.2 Å². The average Bonchev–Trinajstić information content (AvgIpc) is 2.98. The van der Waals surface area contributed by atoms with Gasteiger partial charge in [-0.05, 0) is 25.5 Å². The normalized spacial score (nSPS) is 10.5. The predicted molar refractivity (Wildman–Crippen MR) is 93.6 cm³/mol. The van der Waals surface area contributed by atoms with E-state index in [1.165, 1.54) is 23.6 Å². The van der Waals surface area contributed by atoms with Crippen LogP contribution in [0.3, 0.4) is 0 Å². The molecule has 3 aromatic rings. The number of unbranched alkanes of at least 4 members (excludes halogenated alkanes) is 1. The minimum atomic E-state index is -0.767. The molecule has 0 amide bonds. The van der Waals surface area contributed by atoms with E-state index in [0.29, 0.717) is 11.5 Å². The third-order valence-corrected chi connectivity index (χ3v) is 3.71. The van der Waals surface area contributed by atoms with Crippen molar-refractivity contribution in [2.45, 2.75) is 33.2 Å². The summed E-state index contributed by atoms with van der Waals surface area (Å²) in [5.74, 6) is -0.130. The molecular weight excluding hydrogens is 378 g/mol. The molecule has 0 spiro atoms. The number of hydrogen-bond acceptors (Lipinski definition) is 6. The van der Waals surface area contributed by atoms with Gasteiger partial charge in [-0.3, -0.25) is 4.57 Å². The number of pyridine rings is 1. The van der Waals surface area contributed by atoms with Gasteiger partial charge in [0.1, 0.15) is 16.8 Å². The van der Waals surface area contributed by atoms with E-state index < -0.39 is 11.4 Å². The van der Waals surface area contributed by atoms with E-state index in [1.807, 2.05) is 0 Å². The maximum absolute atomic E-state index is 11.8. The lowest BCUT2D eigenvalue weighted by molar-refractivity contribution is 0.383. The van der Waals surface area contributed by atoms with Crippen LogP contribution in [0.2, 0.25) is 0 Å². The first-order valence-corrected chi connectivity index (χ1v) is 8.65. The van der Waals surface area contributed by atoms with Crippen LogP contribution < -0.4 is 11.4 Å². The zero-order chi connectivity index (χ0) is 17.5. The Hall–Kier alpha value is -2.22. The summed E-state index contributed by atoms with van der Waals surface area (Å²) in [4.78, 5) is 27.4. The quantitative estimate of drug-likeness (QED) is 0.630. The van der Waals surface area contributed by atoms with Gasteiger partial charge in [-0.1, -0.05) is 34.4 Å². The summed E-state index contributed by atoms with van der Waals surface area (Å²) >= 11 is 3.31. The summed E-state index contributed by atoms with van der Waals surface area (Å²) in [7, 11) is 0. The van der Waals surface area contributed by atoms with Gasteiger partial charge < -0.3 is 8.94 Å². The van der Waals surface area contributed by atoms with Crippen molar-refractivity contribution in [2.24, 2.45) is 0 Å². The van der Waals surface area contributed by atoms with E-state index >= 15 is 0 Å². The first kappa shape index (κ1) is 18.1. The molecule has 128 valence electrons. The Balaban J connectivity index is 0.000000368. The molecule has 0 aliphatic carbocycles. The van der Waals surface area contributed by atoms with E-state index in [1.54, 1.807) is 25.1 Å².